The predicted molar refractivity (Wildman–Crippen MR) is 49.0 cm³/mol. The number of hydrogen-bond donors (Lipinski definition) is 2. The van der Waals surface area contributed by atoms with Gasteiger partial charge in [0.05, 0.1) is 11.8 Å². The van der Waals surface area contributed by atoms with Crippen LogP contribution in [0.15, 0.2) is 0 Å². The van der Waals surface area contributed by atoms with E-state index in [-0.39, 0.29) is 6.42 Å². The lowest BCUT2D eigenvalue weighted by atomic mass is 9.89. The van der Waals surface area contributed by atoms with E-state index in [0.717, 1.165) is 0 Å². The third-order valence-electron chi connectivity index (χ3n) is 2.67. The number of piperidine rings is 1. The summed E-state index contributed by atoms with van der Waals surface area (Å²) in [7, 11) is 0. The van der Waals surface area contributed by atoms with Gasteiger partial charge in [0, 0.05) is 13.1 Å². The highest BCUT2D eigenvalue weighted by molar-refractivity contribution is 5.74. The lowest BCUT2D eigenvalue weighted by molar-refractivity contribution is -0.149. The molecule has 1 aliphatic rings. The molecule has 0 radical (unpaired) electrons. The maximum absolute atomic E-state index is 10.8. The highest BCUT2D eigenvalue weighted by atomic mass is 16.4. The molecule has 1 saturated heterocycles. The van der Waals surface area contributed by atoms with Crippen LogP contribution in [0.2, 0.25) is 0 Å². The summed E-state index contributed by atoms with van der Waals surface area (Å²) in [6.45, 7) is 3.54. The van der Waals surface area contributed by atoms with Gasteiger partial charge in [0.15, 0.2) is 0 Å². The van der Waals surface area contributed by atoms with Gasteiger partial charge in [0.25, 0.3) is 0 Å². The monoisotopic (exact) mass is 201 g/mol. The smallest absolute Gasteiger partial charge is 0.307 e. The number of carboxylic acids is 2. The maximum Gasteiger partial charge on any atom is 0.307 e. The first kappa shape index (κ1) is 11.0. The molecule has 2 atom stereocenters. The quantitative estimate of drug-likeness (QED) is 0.677. The number of likely N-dealkylation sites (tertiary alicyclic amines) is 1. The zero-order valence-corrected chi connectivity index (χ0v) is 8.14. The zero-order valence-electron chi connectivity index (χ0n) is 8.14. The molecule has 1 aliphatic heterocycles. The molecule has 0 aromatic rings. The van der Waals surface area contributed by atoms with Gasteiger partial charge in [-0.15, -0.1) is 0 Å². The second-order valence-electron chi connectivity index (χ2n) is 3.66. The lowest BCUT2D eigenvalue weighted by Gasteiger charge is -2.33. The topological polar surface area (TPSA) is 77.8 Å². The summed E-state index contributed by atoms with van der Waals surface area (Å²) in [5, 5.41) is 17.7. The average Bonchev–Trinajstić information content (AvgIpc) is 2.16. The van der Waals surface area contributed by atoms with Gasteiger partial charge in [0.1, 0.15) is 0 Å². The molecule has 5 nitrogen and oxygen atoms in total. The molecule has 80 valence electrons. The van der Waals surface area contributed by atoms with E-state index in [1.54, 1.807) is 0 Å². The molecule has 1 rings (SSSR count). The van der Waals surface area contributed by atoms with Crippen LogP contribution in [0.1, 0.15) is 13.3 Å². The summed E-state index contributed by atoms with van der Waals surface area (Å²) in [6, 6.07) is 0. The Labute approximate surface area is 82.3 Å². The largest absolute Gasteiger partial charge is 0.481 e. The number of carboxylic acid groups (broad SMARTS) is 2. The molecular formula is C9H15NO4. The fourth-order valence-electron chi connectivity index (χ4n) is 1.81. The minimum atomic E-state index is -0.894. The van der Waals surface area contributed by atoms with Crippen molar-refractivity contribution in [3.8, 4) is 0 Å². The van der Waals surface area contributed by atoms with E-state index in [1.165, 1.54) is 0 Å². The number of rotatable bonds is 3. The van der Waals surface area contributed by atoms with Gasteiger partial charge in [-0.2, -0.15) is 0 Å². The Balaban J connectivity index is 2.66. The maximum atomic E-state index is 10.8. The molecule has 5 heteroatoms. The molecular weight excluding hydrogens is 186 g/mol. The molecule has 0 aromatic heterocycles. The van der Waals surface area contributed by atoms with Crippen LogP contribution in [-0.4, -0.2) is 46.7 Å². The first-order valence-corrected chi connectivity index (χ1v) is 4.72. The summed E-state index contributed by atoms with van der Waals surface area (Å²) < 4.78 is 0. The molecule has 0 unspecified atom stereocenters. The van der Waals surface area contributed by atoms with E-state index in [9.17, 15) is 9.59 Å². The van der Waals surface area contributed by atoms with Crippen LogP contribution in [0.3, 0.4) is 0 Å². The van der Waals surface area contributed by atoms with Gasteiger partial charge in [-0.1, -0.05) is 6.92 Å². The van der Waals surface area contributed by atoms with Crippen molar-refractivity contribution in [1.29, 1.82) is 0 Å². The average molecular weight is 201 g/mol. The van der Waals surface area contributed by atoms with E-state index < -0.39 is 23.8 Å². The molecule has 0 spiro atoms. The summed E-state index contributed by atoms with van der Waals surface area (Å²) in [4.78, 5) is 23.4. The van der Waals surface area contributed by atoms with Gasteiger partial charge < -0.3 is 15.1 Å². The van der Waals surface area contributed by atoms with E-state index in [1.807, 2.05) is 11.8 Å². The molecule has 1 heterocycles. The van der Waals surface area contributed by atoms with Crippen molar-refractivity contribution in [3.05, 3.63) is 0 Å². The Morgan fingerprint density at radius 3 is 1.93 bits per heavy atom. The van der Waals surface area contributed by atoms with Crippen molar-refractivity contribution in [3.63, 3.8) is 0 Å². The third kappa shape index (κ3) is 2.45. The van der Waals surface area contributed by atoms with Crippen molar-refractivity contribution in [2.24, 2.45) is 11.8 Å². The Kier molecular flexibility index (Phi) is 3.46. The van der Waals surface area contributed by atoms with Gasteiger partial charge in [-0.05, 0) is 13.0 Å². The number of hydrogen-bond acceptors (Lipinski definition) is 3. The lowest BCUT2D eigenvalue weighted by Crippen LogP contribution is -2.45. The Bertz CT molecular complexity index is 219. The highest BCUT2D eigenvalue weighted by Gasteiger charge is 2.34. The summed E-state index contributed by atoms with van der Waals surface area (Å²) >= 11 is 0. The van der Waals surface area contributed by atoms with Gasteiger partial charge >= 0.3 is 11.9 Å². The number of aliphatic carboxylic acids is 2. The molecule has 14 heavy (non-hydrogen) atoms. The first-order chi connectivity index (χ1) is 6.54. The van der Waals surface area contributed by atoms with Crippen LogP contribution >= 0.6 is 0 Å². The summed E-state index contributed by atoms with van der Waals surface area (Å²) in [5.74, 6) is -2.86. The third-order valence-corrected chi connectivity index (χ3v) is 2.67. The van der Waals surface area contributed by atoms with E-state index in [4.69, 9.17) is 10.2 Å². The Hall–Kier alpha value is -1.10. The molecule has 1 fully saturated rings. The zero-order chi connectivity index (χ0) is 10.7. The molecule has 0 bridgehead atoms. The minimum absolute atomic E-state index is 0.251. The van der Waals surface area contributed by atoms with E-state index in [2.05, 4.69) is 0 Å². The van der Waals surface area contributed by atoms with Crippen LogP contribution in [-0.2, 0) is 9.59 Å². The van der Waals surface area contributed by atoms with Crippen molar-refractivity contribution in [2.45, 2.75) is 13.3 Å². The van der Waals surface area contributed by atoms with Crippen LogP contribution in [0.4, 0.5) is 0 Å². The van der Waals surface area contributed by atoms with Crippen molar-refractivity contribution in [1.82, 2.24) is 4.90 Å². The second kappa shape index (κ2) is 4.41. The van der Waals surface area contributed by atoms with Crippen LogP contribution < -0.4 is 0 Å². The van der Waals surface area contributed by atoms with E-state index in [0.29, 0.717) is 19.6 Å². The molecule has 0 saturated carbocycles. The van der Waals surface area contributed by atoms with Crippen LogP contribution in [0, 0.1) is 11.8 Å². The molecule has 2 N–H and O–H groups in total. The SMILES string of the molecule is CCN1C[C@H](C(=O)O)C[C@@H](C(=O)O)C1. The fourth-order valence-corrected chi connectivity index (χ4v) is 1.81. The predicted octanol–water partition coefficient (Wildman–Crippen LogP) is 0.114. The Morgan fingerprint density at radius 2 is 1.64 bits per heavy atom. The fraction of sp³-hybridized carbons (Fsp3) is 0.778. The second-order valence-corrected chi connectivity index (χ2v) is 3.66. The number of carbonyl (C=O) groups is 2. The highest BCUT2D eigenvalue weighted by Crippen LogP contribution is 2.22. The normalized spacial score (nSPS) is 28.6. The van der Waals surface area contributed by atoms with Crippen molar-refractivity contribution < 1.29 is 19.8 Å². The van der Waals surface area contributed by atoms with Crippen molar-refractivity contribution >= 4 is 11.9 Å². The molecule has 0 aromatic carbocycles. The first-order valence-electron chi connectivity index (χ1n) is 4.72. The number of nitrogens with zero attached hydrogens (tertiary/aromatic N) is 1. The molecule has 0 aliphatic carbocycles. The van der Waals surface area contributed by atoms with Gasteiger partial charge in [0.2, 0.25) is 0 Å². The van der Waals surface area contributed by atoms with Crippen molar-refractivity contribution in [2.75, 3.05) is 19.6 Å². The summed E-state index contributed by atoms with van der Waals surface area (Å²) in [6.07, 6.45) is 0.251. The van der Waals surface area contributed by atoms with Gasteiger partial charge in [-0.3, -0.25) is 9.59 Å². The van der Waals surface area contributed by atoms with E-state index >= 15 is 0 Å². The Morgan fingerprint density at radius 1 is 1.21 bits per heavy atom. The van der Waals surface area contributed by atoms with Gasteiger partial charge in [-0.25, -0.2) is 0 Å². The van der Waals surface area contributed by atoms with Crippen LogP contribution in [0.25, 0.3) is 0 Å². The summed E-state index contributed by atoms with van der Waals surface area (Å²) in [5.41, 5.74) is 0. The minimum Gasteiger partial charge on any atom is -0.481 e. The van der Waals surface area contributed by atoms with Crippen LogP contribution in [0.5, 0.6) is 0 Å². The molecule has 0 amide bonds. The standard InChI is InChI=1S/C9H15NO4/c1-2-10-4-6(8(11)12)3-7(5-10)9(13)14/h6-7H,2-5H2,1H3,(H,11,12)(H,13,14)/t6-,7-/m1/s1.